The number of fused-ring (bicyclic) bond motifs is 1. The number of methoxy groups -OCH3 is 3. The lowest BCUT2D eigenvalue weighted by atomic mass is 10.0. The van der Waals surface area contributed by atoms with Crippen molar-refractivity contribution in [1.82, 2.24) is 9.88 Å². The van der Waals surface area contributed by atoms with Gasteiger partial charge in [-0.2, -0.15) is 0 Å². The lowest BCUT2D eigenvalue weighted by Crippen LogP contribution is -2.32. The Kier molecular flexibility index (Phi) is 5.93. The summed E-state index contributed by atoms with van der Waals surface area (Å²) in [5, 5.41) is 0. The molecular weight excluding hydrogens is 396 g/mol. The Hall–Kier alpha value is -3.74. The second-order valence-corrected chi connectivity index (χ2v) is 7.04. The fraction of sp³-hybridized carbons (Fsp3) is 0.250. The van der Waals surface area contributed by atoms with Crippen LogP contribution in [0.3, 0.4) is 0 Å². The van der Waals surface area contributed by atoms with Gasteiger partial charge in [-0.25, -0.2) is 4.98 Å². The van der Waals surface area contributed by atoms with Crippen LogP contribution >= 0.6 is 0 Å². The second kappa shape index (κ2) is 8.95. The first-order valence-electron chi connectivity index (χ1n) is 9.91. The number of amides is 1. The monoisotopic (exact) mass is 420 g/mol. The number of hydrogen-bond acceptors (Lipinski definition) is 6. The van der Waals surface area contributed by atoms with Crippen molar-refractivity contribution >= 4 is 5.91 Å². The van der Waals surface area contributed by atoms with Crippen LogP contribution < -0.4 is 18.9 Å². The maximum absolute atomic E-state index is 13.1. The third kappa shape index (κ3) is 4.26. The zero-order valence-electron chi connectivity index (χ0n) is 17.8. The van der Waals surface area contributed by atoms with Crippen molar-refractivity contribution < 1.29 is 23.7 Å². The molecule has 0 radical (unpaired) electrons. The lowest BCUT2D eigenvalue weighted by molar-refractivity contribution is 0.0733. The molecule has 1 aromatic heterocycles. The van der Waals surface area contributed by atoms with Crippen molar-refractivity contribution in [2.45, 2.75) is 6.54 Å². The maximum Gasteiger partial charge on any atom is 0.254 e. The number of ether oxygens (including phenoxy) is 4. The minimum Gasteiger partial charge on any atom is -0.497 e. The maximum atomic E-state index is 13.1. The van der Waals surface area contributed by atoms with E-state index in [0.717, 1.165) is 16.8 Å². The van der Waals surface area contributed by atoms with Crippen molar-refractivity contribution in [3.05, 3.63) is 65.7 Å². The Bertz CT molecular complexity index is 1080. The largest absolute Gasteiger partial charge is 0.497 e. The van der Waals surface area contributed by atoms with Crippen LogP contribution in [0.15, 0.2) is 54.6 Å². The van der Waals surface area contributed by atoms with Gasteiger partial charge in [0, 0.05) is 29.3 Å². The van der Waals surface area contributed by atoms with E-state index >= 15 is 0 Å². The number of nitrogens with zero attached hydrogens (tertiary/aromatic N) is 2. The molecule has 1 aliphatic heterocycles. The van der Waals surface area contributed by atoms with Crippen LogP contribution in [0.2, 0.25) is 0 Å². The van der Waals surface area contributed by atoms with Crippen molar-refractivity contribution in [3.63, 3.8) is 0 Å². The Balaban J connectivity index is 1.68. The summed E-state index contributed by atoms with van der Waals surface area (Å²) in [7, 11) is 4.79. The summed E-state index contributed by atoms with van der Waals surface area (Å²) in [4.78, 5) is 19.4. The molecule has 1 amide bonds. The van der Waals surface area contributed by atoms with Crippen LogP contribution in [-0.2, 0) is 6.54 Å². The molecule has 0 saturated carbocycles. The Morgan fingerprint density at radius 2 is 1.81 bits per heavy atom. The number of carbonyl (C=O) groups excluding carboxylic acids is 1. The van der Waals surface area contributed by atoms with Crippen LogP contribution in [0.5, 0.6) is 23.1 Å². The van der Waals surface area contributed by atoms with Gasteiger partial charge in [-0.3, -0.25) is 4.79 Å². The van der Waals surface area contributed by atoms with Gasteiger partial charge in [0.1, 0.15) is 12.4 Å². The Labute approximate surface area is 181 Å². The predicted molar refractivity (Wildman–Crippen MR) is 116 cm³/mol. The molecule has 31 heavy (non-hydrogen) atoms. The molecule has 0 spiro atoms. The van der Waals surface area contributed by atoms with Gasteiger partial charge in [0.15, 0.2) is 11.5 Å². The number of carbonyl (C=O) groups is 1. The van der Waals surface area contributed by atoms with E-state index in [1.54, 1.807) is 56.6 Å². The van der Waals surface area contributed by atoms with Crippen LogP contribution in [0.4, 0.5) is 0 Å². The average molecular weight is 420 g/mol. The van der Waals surface area contributed by atoms with Crippen molar-refractivity contribution in [2.24, 2.45) is 0 Å². The van der Waals surface area contributed by atoms with Crippen molar-refractivity contribution in [2.75, 3.05) is 34.5 Å². The average Bonchev–Trinajstić information content (AvgIpc) is 3.05. The topological polar surface area (TPSA) is 70.1 Å². The van der Waals surface area contributed by atoms with Gasteiger partial charge in [0.2, 0.25) is 5.88 Å². The van der Waals surface area contributed by atoms with Gasteiger partial charge in [-0.1, -0.05) is 6.07 Å². The summed E-state index contributed by atoms with van der Waals surface area (Å²) in [6, 6.07) is 16.6. The number of hydrogen-bond donors (Lipinski definition) is 0. The fourth-order valence-corrected chi connectivity index (χ4v) is 3.56. The molecule has 3 aromatic rings. The SMILES string of the molecule is COc1ccc(C(=O)N2CCOc3c(cc(-c4cccc(OC)n4)cc3OC)C2)cc1. The highest BCUT2D eigenvalue weighted by molar-refractivity contribution is 5.94. The molecule has 1 aliphatic rings. The van der Waals surface area contributed by atoms with Crippen LogP contribution in [0.25, 0.3) is 11.3 Å². The van der Waals surface area contributed by atoms with Crippen molar-refractivity contribution in [3.8, 4) is 34.4 Å². The van der Waals surface area contributed by atoms with Gasteiger partial charge >= 0.3 is 0 Å². The molecule has 0 atom stereocenters. The van der Waals surface area contributed by atoms with Gasteiger partial charge in [0.05, 0.1) is 33.6 Å². The third-order valence-electron chi connectivity index (χ3n) is 5.17. The zero-order chi connectivity index (χ0) is 21.8. The second-order valence-electron chi connectivity index (χ2n) is 7.04. The summed E-state index contributed by atoms with van der Waals surface area (Å²) in [5.74, 6) is 2.43. The number of rotatable bonds is 5. The highest BCUT2D eigenvalue weighted by Gasteiger charge is 2.24. The van der Waals surface area contributed by atoms with E-state index in [-0.39, 0.29) is 5.91 Å². The highest BCUT2D eigenvalue weighted by Crippen LogP contribution is 2.38. The third-order valence-corrected chi connectivity index (χ3v) is 5.17. The molecule has 0 aliphatic carbocycles. The van der Waals surface area contributed by atoms with Crippen LogP contribution in [0.1, 0.15) is 15.9 Å². The molecule has 0 bridgehead atoms. The minimum absolute atomic E-state index is 0.0667. The summed E-state index contributed by atoms with van der Waals surface area (Å²) in [6.07, 6.45) is 0. The minimum atomic E-state index is -0.0667. The fourth-order valence-electron chi connectivity index (χ4n) is 3.56. The molecule has 0 N–H and O–H groups in total. The number of pyridine rings is 1. The molecule has 7 nitrogen and oxygen atoms in total. The highest BCUT2D eigenvalue weighted by atomic mass is 16.5. The summed E-state index contributed by atoms with van der Waals surface area (Å²) in [5.41, 5.74) is 3.06. The summed E-state index contributed by atoms with van der Waals surface area (Å²) >= 11 is 0. The van der Waals surface area contributed by atoms with Crippen molar-refractivity contribution in [1.29, 1.82) is 0 Å². The Morgan fingerprint density at radius 3 is 2.52 bits per heavy atom. The predicted octanol–water partition coefficient (Wildman–Crippen LogP) is 3.81. The lowest BCUT2D eigenvalue weighted by Gasteiger charge is -2.20. The van der Waals surface area contributed by atoms with E-state index in [1.807, 2.05) is 24.3 Å². The molecule has 0 unspecified atom stereocenters. The quantitative estimate of drug-likeness (QED) is 0.625. The van der Waals surface area contributed by atoms with Gasteiger partial charge in [-0.15, -0.1) is 0 Å². The van der Waals surface area contributed by atoms with E-state index in [4.69, 9.17) is 18.9 Å². The summed E-state index contributed by atoms with van der Waals surface area (Å²) in [6.45, 7) is 1.24. The molecule has 2 aromatic carbocycles. The first kappa shape index (κ1) is 20.5. The molecule has 0 fully saturated rings. The number of benzene rings is 2. The normalized spacial score (nSPS) is 12.9. The first-order chi connectivity index (χ1) is 15.1. The molecule has 2 heterocycles. The van der Waals surface area contributed by atoms with Crippen LogP contribution in [-0.4, -0.2) is 50.3 Å². The van der Waals surface area contributed by atoms with E-state index < -0.39 is 0 Å². The van der Waals surface area contributed by atoms with Crippen LogP contribution in [0, 0.1) is 0 Å². The number of aromatic nitrogens is 1. The smallest absolute Gasteiger partial charge is 0.254 e. The molecule has 7 heteroatoms. The van der Waals surface area contributed by atoms with E-state index in [1.165, 1.54) is 0 Å². The zero-order valence-corrected chi connectivity index (χ0v) is 17.8. The molecule has 4 rings (SSSR count). The first-order valence-corrected chi connectivity index (χ1v) is 9.91. The van der Waals surface area contributed by atoms with Gasteiger partial charge in [0.25, 0.3) is 5.91 Å². The van der Waals surface area contributed by atoms with E-state index in [2.05, 4.69) is 4.98 Å². The molecule has 160 valence electrons. The standard InChI is InChI=1S/C24H24N2O5/c1-28-19-9-7-16(8-10-19)24(27)26-11-12-31-23-18(15-26)13-17(14-21(23)29-2)20-5-4-6-22(25-20)30-3/h4-10,13-14H,11-12,15H2,1-3H3. The molecular formula is C24H24N2O5. The van der Waals surface area contributed by atoms with Gasteiger partial charge < -0.3 is 23.8 Å². The van der Waals surface area contributed by atoms with Gasteiger partial charge in [-0.05, 0) is 42.5 Å². The van der Waals surface area contributed by atoms with E-state index in [0.29, 0.717) is 48.4 Å². The van der Waals surface area contributed by atoms with E-state index in [9.17, 15) is 4.79 Å². The summed E-state index contributed by atoms with van der Waals surface area (Å²) < 4.78 is 22.0. The Morgan fingerprint density at radius 1 is 1.00 bits per heavy atom. The molecule has 0 saturated heterocycles.